The van der Waals surface area contributed by atoms with Crippen molar-refractivity contribution in [1.29, 1.82) is 5.26 Å². The molecule has 2 heterocycles. The van der Waals surface area contributed by atoms with Gasteiger partial charge >= 0.3 is 0 Å². The Morgan fingerprint density at radius 3 is 2.54 bits per heavy atom. The van der Waals surface area contributed by atoms with E-state index in [2.05, 4.69) is 38.7 Å². The summed E-state index contributed by atoms with van der Waals surface area (Å²) in [6.45, 7) is 0.253. The van der Waals surface area contributed by atoms with Crippen molar-refractivity contribution in [1.82, 2.24) is 10.3 Å². The van der Waals surface area contributed by atoms with Crippen LogP contribution in [0.25, 0.3) is 11.3 Å². The van der Waals surface area contributed by atoms with Gasteiger partial charge in [0.15, 0.2) is 5.76 Å². The van der Waals surface area contributed by atoms with Gasteiger partial charge in [-0.3, -0.25) is 0 Å². The molecule has 2 N–H and O–H groups in total. The van der Waals surface area contributed by atoms with E-state index in [0.29, 0.717) is 47.1 Å². The second-order valence-corrected chi connectivity index (χ2v) is 10.4. The maximum absolute atomic E-state index is 12.4. The number of hydrogen-bond acceptors (Lipinski definition) is 7. The number of nitriles is 1. The number of rotatable bonds is 8. The summed E-state index contributed by atoms with van der Waals surface area (Å²) in [5, 5.41) is 16.7. The molecule has 0 amide bonds. The number of piperidine rings is 1. The molecule has 1 saturated heterocycles. The van der Waals surface area contributed by atoms with Gasteiger partial charge in [-0.15, -0.1) is 0 Å². The summed E-state index contributed by atoms with van der Waals surface area (Å²) in [6.07, 6.45) is 8.78. The van der Waals surface area contributed by atoms with Gasteiger partial charge in [-0.2, -0.15) is 5.26 Å². The molecule has 2 aromatic carbocycles. The molecule has 2 bridgehead atoms. The number of alkyl halides is 1. The Kier molecular flexibility index (Phi) is 6.71. The lowest BCUT2D eigenvalue weighted by Crippen LogP contribution is -2.56. The van der Waals surface area contributed by atoms with E-state index >= 15 is 0 Å². The number of ether oxygens (including phenoxy) is 1. The molecular weight excluding hydrogens is 469 g/mol. The molecule has 192 valence electrons. The van der Waals surface area contributed by atoms with Crippen LogP contribution in [-0.4, -0.2) is 42.6 Å². The third kappa shape index (κ3) is 5.01. The number of anilines is 2. The van der Waals surface area contributed by atoms with Crippen LogP contribution in [0, 0.1) is 17.2 Å². The van der Waals surface area contributed by atoms with Crippen molar-refractivity contribution in [2.45, 2.75) is 62.7 Å². The average Bonchev–Trinajstić information content (AvgIpc) is 3.67. The minimum Gasteiger partial charge on any atom is -0.463 e. The molecule has 3 aromatic rings. The van der Waals surface area contributed by atoms with Crippen LogP contribution in [0.1, 0.15) is 44.1 Å². The minimum atomic E-state index is -0.845. The van der Waals surface area contributed by atoms with Crippen LogP contribution in [0.5, 0.6) is 5.75 Å². The number of nitrogens with zero attached hydrogens (tertiary/aromatic N) is 3. The predicted molar refractivity (Wildman–Crippen MR) is 140 cm³/mol. The van der Waals surface area contributed by atoms with Gasteiger partial charge < -0.3 is 24.7 Å². The first-order chi connectivity index (χ1) is 18.2. The largest absolute Gasteiger partial charge is 0.463 e. The number of fused-ring (bicyclic) bond motifs is 2. The van der Waals surface area contributed by atoms with Crippen molar-refractivity contribution < 1.29 is 13.5 Å². The number of oxazole rings is 1. The van der Waals surface area contributed by atoms with Gasteiger partial charge in [0.05, 0.1) is 17.8 Å². The fraction of sp³-hybridized carbons (Fsp3) is 0.448. The Hall–Kier alpha value is -3.57. The molecule has 3 aliphatic rings. The van der Waals surface area contributed by atoms with E-state index in [1.807, 2.05) is 24.3 Å². The molecule has 1 unspecified atom stereocenters. The smallest absolute Gasteiger partial charge is 0.295 e. The second kappa shape index (κ2) is 10.4. The molecule has 1 aromatic heterocycles. The molecule has 0 radical (unpaired) electrons. The molecule has 7 nitrogen and oxygen atoms in total. The molecule has 2 aliphatic carbocycles. The van der Waals surface area contributed by atoms with E-state index < -0.39 is 6.86 Å². The number of hydrogen-bond donors (Lipinski definition) is 2. The number of aromatic nitrogens is 1. The summed E-state index contributed by atoms with van der Waals surface area (Å²) in [5.41, 5.74) is 2.79. The van der Waals surface area contributed by atoms with Crippen molar-refractivity contribution in [2.24, 2.45) is 5.92 Å². The fourth-order valence-corrected chi connectivity index (χ4v) is 6.42. The second-order valence-electron chi connectivity index (χ2n) is 10.4. The monoisotopic (exact) mass is 501 g/mol. The van der Waals surface area contributed by atoms with Crippen molar-refractivity contribution in [3.05, 3.63) is 60.3 Å². The summed E-state index contributed by atoms with van der Waals surface area (Å²) < 4.78 is 23.3. The highest BCUT2D eigenvalue weighted by Gasteiger charge is 2.46. The minimum absolute atomic E-state index is 0.253. The third-order valence-corrected chi connectivity index (χ3v) is 8.18. The molecular formula is C29H32FN5O2. The molecule has 5 atom stereocenters. The Morgan fingerprint density at radius 2 is 1.81 bits per heavy atom. The standard InChI is InChI=1S/C29H32FN5O2/c30-18-36-23-11-7-21(8-12-23)28-16-32-29(37-28)34-25-4-2-1-3-24(25)33-26-13-20-14-27(26)35(17-20)22-9-5-19(15-31)6-10-22/h5-12,16,20,24-27,33H,1-4,13-14,17-18H2,(H,32,34)/t20-,24-,25-,26?,27-/m1/s1. The molecule has 1 aliphatic heterocycles. The lowest BCUT2D eigenvalue weighted by Gasteiger charge is -2.40. The first-order valence-electron chi connectivity index (χ1n) is 13.2. The zero-order valence-corrected chi connectivity index (χ0v) is 20.8. The third-order valence-electron chi connectivity index (χ3n) is 8.18. The lowest BCUT2D eigenvalue weighted by molar-refractivity contribution is 0.192. The number of halogens is 1. The topological polar surface area (TPSA) is 86.4 Å². The molecule has 8 heteroatoms. The van der Waals surface area contributed by atoms with Crippen LogP contribution in [-0.2, 0) is 0 Å². The quantitative estimate of drug-likeness (QED) is 0.422. The first-order valence-corrected chi connectivity index (χ1v) is 13.2. The normalized spacial score (nSPS) is 26.7. The average molecular weight is 502 g/mol. The fourth-order valence-electron chi connectivity index (χ4n) is 6.42. The zero-order valence-electron chi connectivity index (χ0n) is 20.8. The SMILES string of the molecule is N#Cc1ccc(N2C[C@@H]3CC(N[C@@H]4CCCC[C@H]4Nc4ncc(-c5ccc(OCF)cc5)o4)[C@H]2C3)cc1. The van der Waals surface area contributed by atoms with E-state index in [9.17, 15) is 4.39 Å². The van der Waals surface area contributed by atoms with Crippen molar-refractivity contribution in [3.63, 3.8) is 0 Å². The lowest BCUT2D eigenvalue weighted by atomic mass is 9.89. The van der Waals surface area contributed by atoms with Gasteiger partial charge in [0.25, 0.3) is 6.01 Å². The molecule has 37 heavy (non-hydrogen) atoms. The van der Waals surface area contributed by atoms with Crippen LogP contribution in [0.15, 0.2) is 59.1 Å². The van der Waals surface area contributed by atoms with Gasteiger partial charge in [0.2, 0.25) is 6.86 Å². The van der Waals surface area contributed by atoms with E-state index in [4.69, 9.17) is 14.4 Å². The molecule has 3 fully saturated rings. The van der Waals surface area contributed by atoms with Crippen LogP contribution in [0.3, 0.4) is 0 Å². The van der Waals surface area contributed by atoms with E-state index in [1.165, 1.54) is 31.4 Å². The van der Waals surface area contributed by atoms with Crippen LogP contribution < -0.4 is 20.3 Å². The molecule has 0 spiro atoms. The predicted octanol–water partition coefficient (Wildman–Crippen LogP) is 5.50. The van der Waals surface area contributed by atoms with Crippen LogP contribution >= 0.6 is 0 Å². The highest BCUT2D eigenvalue weighted by atomic mass is 19.1. The molecule has 2 saturated carbocycles. The summed E-state index contributed by atoms with van der Waals surface area (Å²) >= 11 is 0. The summed E-state index contributed by atoms with van der Waals surface area (Å²) in [4.78, 5) is 7.02. The Bertz CT molecular complexity index is 1240. The summed E-state index contributed by atoms with van der Waals surface area (Å²) in [6, 6.07) is 19.4. The molecule has 6 rings (SSSR count). The van der Waals surface area contributed by atoms with E-state index in [-0.39, 0.29) is 6.04 Å². The van der Waals surface area contributed by atoms with Gasteiger partial charge in [-0.25, -0.2) is 9.37 Å². The maximum Gasteiger partial charge on any atom is 0.295 e. The van der Waals surface area contributed by atoms with E-state index in [1.54, 1.807) is 18.3 Å². The van der Waals surface area contributed by atoms with Crippen LogP contribution in [0.4, 0.5) is 16.1 Å². The Balaban J connectivity index is 1.11. The maximum atomic E-state index is 12.4. The summed E-state index contributed by atoms with van der Waals surface area (Å²) in [5.74, 6) is 1.86. The van der Waals surface area contributed by atoms with Gasteiger partial charge in [0, 0.05) is 42.0 Å². The van der Waals surface area contributed by atoms with Crippen molar-refractivity contribution >= 4 is 11.7 Å². The van der Waals surface area contributed by atoms with E-state index in [0.717, 1.165) is 24.9 Å². The number of nitrogens with one attached hydrogen (secondary N) is 2. The highest BCUT2D eigenvalue weighted by Crippen LogP contribution is 2.41. The van der Waals surface area contributed by atoms with Crippen molar-refractivity contribution in [3.8, 4) is 23.1 Å². The highest BCUT2D eigenvalue weighted by molar-refractivity contribution is 5.58. The zero-order chi connectivity index (χ0) is 25.2. The van der Waals surface area contributed by atoms with Gasteiger partial charge in [-0.05, 0) is 80.1 Å². The van der Waals surface area contributed by atoms with Gasteiger partial charge in [0.1, 0.15) is 5.75 Å². The summed E-state index contributed by atoms with van der Waals surface area (Å²) in [7, 11) is 0. The first kappa shape index (κ1) is 23.8. The van der Waals surface area contributed by atoms with Gasteiger partial charge in [-0.1, -0.05) is 12.8 Å². The Morgan fingerprint density at radius 1 is 1.03 bits per heavy atom. The number of benzene rings is 2. The Labute approximate surface area is 216 Å². The van der Waals surface area contributed by atoms with Crippen LogP contribution in [0.2, 0.25) is 0 Å². The van der Waals surface area contributed by atoms with Crippen molar-refractivity contribution in [2.75, 3.05) is 23.6 Å².